The van der Waals surface area contributed by atoms with Crippen LogP contribution < -0.4 is 5.32 Å². The minimum absolute atomic E-state index is 0.0636. The first-order valence-electron chi connectivity index (χ1n) is 5.96. The summed E-state index contributed by atoms with van der Waals surface area (Å²) in [6, 6.07) is 2.28. The molecule has 0 saturated heterocycles. The lowest BCUT2D eigenvalue weighted by Gasteiger charge is -2.21. The fourth-order valence-corrected chi connectivity index (χ4v) is 1.78. The summed E-state index contributed by atoms with van der Waals surface area (Å²) in [5.41, 5.74) is 0.423. The van der Waals surface area contributed by atoms with Gasteiger partial charge in [-0.2, -0.15) is 0 Å². The summed E-state index contributed by atoms with van der Waals surface area (Å²) in [6.07, 6.45) is 0.584. The Hall–Kier alpha value is -1.20. The Morgan fingerprint density at radius 1 is 1.22 bits per heavy atom. The zero-order chi connectivity index (χ0) is 13.7. The van der Waals surface area contributed by atoms with Crippen LogP contribution in [-0.2, 0) is 6.54 Å². The van der Waals surface area contributed by atoms with Gasteiger partial charge in [-0.15, -0.1) is 0 Å². The van der Waals surface area contributed by atoms with Crippen LogP contribution in [0.25, 0.3) is 0 Å². The van der Waals surface area contributed by atoms with Crippen LogP contribution in [0.15, 0.2) is 12.1 Å². The van der Waals surface area contributed by atoms with Crippen molar-refractivity contribution in [2.75, 3.05) is 6.61 Å². The smallest absolute Gasteiger partial charge is 0.187 e. The second-order valence-electron chi connectivity index (χ2n) is 4.65. The first-order valence-corrected chi connectivity index (χ1v) is 5.96. The first-order chi connectivity index (χ1) is 8.45. The standard InChI is InChI=1S/C13H19F2NO2/c1-8(2)12(3-4-17)16-7-9-5-10(14)13(18)11(15)6-9/h5-6,8,12,16-18H,3-4,7H2,1-2H3. The number of hydrogen-bond donors (Lipinski definition) is 3. The van der Waals surface area contributed by atoms with Crippen molar-refractivity contribution in [3.8, 4) is 5.75 Å². The van der Waals surface area contributed by atoms with E-state index in [2.05, 4.69) is 5.32 Å². The van der Waals surface area contributed by atoms with E-state index in [1.165, 1.54) is 0 Å². The van der Waals surface area contributed by atoms with Gasteiger partial charge >= 0.3 is 0 Å². The molecular weight excluding hydrogens is 240 g/mol. The average molecular weight is 259 g/mol. The molecule has 5 heteroatoms. The lowest BCUT2D eigenvalue weighted by Crippen LogP contribution is -2.34. The average Bonchev–Trinajstić information content (AvgIpc) is 2.30. The first kappa shape index (κ1) is 14.9. The van der Waals surface area contributed by atoms with Crippen LogP contribution in [-0.4, -0.2) is 22.9 Å². The second-order valence-corrected chi connectivity index (χ2v) is 4.65. The summed E-state index contributed by atoms with van der Waals surface area (Å²) in [5.74, 6) is -2.57. The van der Waals surface area contributed by atoms with Gasteiger partial charge in [0.05, 0.1) is 0 Å². The number of aliphatic hydroxyl groups excluding tert-OH is 1. The molecule has 1 aromatic rings. The third kappa shape index (κ3) is 3.92. The maximum absolute atomic E-state index is 13.1. The highest BCUT2D eigenvalue weighted by Crippen LogP contribution is 2.21. The molecule has 1 atom stereocenters. The van der Waals surface area contributed by atoms with E-state index in [9.17, 15) is 8.78 Å². The highest BCUT2D eigenvalue weighted by molar-refractivity contribution is 5.29. The number of rotatable bonds is 6. The van der Waals surface area contributed by atoms with Gasteiger partial charge < -0.3 is 15.5 Å². The number of aliphatic hydroxyl groups is 1. The fourth-order valence-electron chi connectivity index (χ4n) is 1.78. The number of halogens is 2. The van der Waals surface area contributed by atoms with Crippen molar-refractivity contribution < 1.29 is 19.0 Å². The van der Waals surface area contributed by atoms with E-state index in [4.69, 9.17) is 10.2 Å². The van der Waals surface area contributed by atoms with Crippen molar-refractivity contribution in [2.45, 2.75) is 32.9 Å². The lowest BCUT2D eigenvalue weighted by atomic mass is 10.0. The number of benzene rings is 1. The SMILES string of the molecule is CC(C)C(CCO)NCc1cc(F)c(O)c(F)c1. The molecule has 0 amide bonds. The van der Waals surface area contributed by atoms with Crippen molar-refractivity contribution in [2.24, 2.45) is 5.92 Å². The van der Waals surface area contributed by atoms with Crippen LogP contribution in [0.2, 0.25) is 0 Å². The summed E-state index contributed by atoms with van der Waals surface area (Å²) in [7, 11) is 0. The quantitative estimate of drug-likeness (QED) is 0.734. The lowest BCUT2D eigenvalue weighted by molar-refractivity contribution is 0.243. The Morgan fingerprint density at radius 3 is 2.22 bits per heavy atom. The van der Waals surface area contributed by atoms with Crippen LogP contribution in [0.3, 0.4) is 0 Å². The molecule has 0 spiro atoms. The number of hydrogen-bond acceptors (Lipinski definition) is 3. The second kappa shape index (κ2) is 6.66. The van der Waals surface area contributed by atoms with Gasteiger partial charge in [0.2, 0.25) is 0 Å². The third-order valence-electron chi connectivity index (χ3n) is 2.89. The van der Waals surface area contributed by atoms with Gasteiger partial charge in [0.25, 0.3) is 0 Å². The Balaban J connectivity index is 2.67. The Labute approximate surface area is 105 Å². The summed E-state index contributed by atoms with van der Waals surface area (Å²) >= 11 is 0. The van der Waals surface area contributed by atoms with Crippen LogP contribution >= 0.6 is 0 Å². The van der Waals surface area contributed by atoms with E-state index in [-0.39, 0.29) is 19.2 Å². The number of phenols is 1. The molecule has 3 nitrogen and oxygen atoms in total. The van der Waals surface area contributed by atoms with Gasteiger partial charge in [0.15, 0.2) is 17.4 Å². The monoisotopic (exact) mass is 259 g/mol. The van der Waals surface area contributed by atoms with Gasteiger partial charge in [-0.1, -0.05) is 13.8 Å². The minimum atomic E-state index is -0.963. The van der Waals surface area contributed by atoms with Crippen molar-refractivity contribution >= 4 is 0 Å². The summed E-state index contributed by atoms with van der Waals surface area (Å²) < 4.78 is 26.2. The van der Waals surface area contributed by atoms with Gasteiger partial charge in [-0.05, 0) is 30.0 Å². The van der Waals surface area contributed by atoms with Gasteiger partial charge in [-0.25, -0.2) is 8.78 Å². The highest BCUT2D eigenvalue weighted by Gasteiger charge is 2.14. The largest absolute Gasteiger partial charge is 0.503 e. The van der Waals surface area contributed by atoms with Crippen LogP contribution in [0.4, 0.5) is 8.78 Å². The van der Waals surface area contributed by atoms with E-state index in [1.807, 2.05) is 13.8 Å². The zero-order valence-electron chi connectivity index (χ0n) is 10.6. The Bertz CT molecular complexity index is 374. The van der Waals surface area contributed by atoms with Crippen molar-refractivity contribution in [1.29, 1.82) is 0 Å². The third-order valence-corrected chi connectivity index (χ3v) is 2.89. The summed E-state index contributed by atoms with van der Waals surface area (Å²) in [6.45, 7) is 4.36. The predicted octanol–water partition coefficient (Wildman–Crippen LogP) is 2.17. The predicted molar refractivity (Wildman–Crippen MR) is 65.2 cm³/mol. The van der Waals surface area contributed by atoms with Crippen LogP contribution in [0.1, 0.15) is 25.8 Å². The van der Waals surface area contributed by atoms with Crippen molar-refractivity contribution in [3.05, 3.63) is 29.3 Å². The van der Waals surface area contributed by atoms with Gasteiger partial charge in [0, 0.05) is 19.2 Å². The molecule has 0 aliphatic rings. The summed E-state index contributed by atoms with van der Waals surface area (Å²) in [5, 5.41) is 21.0. The van der Waals surface area contributed by atoms with E-state index in [0.29, 0.717) is 17.9 Å². The zero-order valence-corrected chi connectivity index (χ0v) is 10.6. The maximum atomic E-state index is 13.1. The van der Waals surface area contributed by atoms with Gasteiger partial charge in [0.1, 0.15) is 0 Å². The van der Waals surface area contributed by atoms with Crippen molar-refractivity contribution in [3.63, 3.8) is 0 Å². The van der Waals surface area contributed by atoms with E-state index in [1.54, 1.807) is 0 Å². The molecule has 1 aromatic carbocycles. The molecule has 18 heavy (non-hydrogen) atoms. The molecule has 0 heterocycles. The molecule has 0 aliphatic heterocycles. The van der Waals surface area contributed by atoms with Crippen molar-refractivity contribution in [1.82, 2.24) is 5.32 Å². The van der Waals surface area contributed by atoms with Gasteiger partial charge in [-0.3, -0.25) is 0 Å². The maximum Gasteiger partial charge on any atom is 0.187 e. The molecular formula is C13H19F2NO2. The number of aromatic hydroxyl groups is 1. The molecule has 0 saturated carbocycles. The fraction of sp³-hybridized carbons (Fsp3) is 0.538. The molecule has 0 radical (unpaired) electrons. The molecule has 1 rings (SSSR count). The highest BCUT2D eigenvalue weighted by atomic mass is 19.1. The van der Waals surface area contributed by atoms with Crippen LogP contribution in [0.5, 0.6) is 5.75 Å². The number of phenolic OH excluding ortho intramolecular Hbond substituents is 1. The summed E-state index contributed by atoms with van der Waals surface area (Å²) in [4.78, 5) is 0. The molecule has 3 N–H and O–H groups in total. The topological polar surface area (TPSA) is 52.5 Å². The molecule has 0 aliphatic carbocycles. The normalized spacial score (nSPS) is 13.0. The molecule has 1 unspecified atom stereocenters. The Kier molecular flexibility index (Phi) is 5.50. The molecule has 0 aromatic heterocycles. The van der Waals surface area contributed by atoms with E-state index in [0.717, 1.165) is 12.1 Å². The van der Waals surface area contributed by atoms with E-state index >= 15 is 0 Å². The van der Waals surface area contributed by atoms with E-state index < -0.39 is 17.4 Å². The van der Waals surface area contributed by atoms with Crippen LogP contribution in [0, 0.1) is 17.6 Å². The molecule has 0 bridgehead atoms. The number of nitrogens with one attached hydrogen (secondary N) is 1. The molecule has 102 valence electrons. The Morgan fingerprint density at radius 2 is 1.78 bits per heavy atom. The minimum Gasteiger partial charge on any atom is -0.503 e. The molecule has 0 fully saturated rings.